The zero-order valence-electron chi connectivity index (χ0n) is 19.2. The summed E-state index contributed by atoms with van der Waals surface area (Å²) >= 11 is 0. The fourth-order valence-corrected chi connectivity index (χ4v) is 4.85. The van der Waals surface area contributed by atoms with Crippen LogP contribution in [0.1, 0.15) is 51.2 Å². The molecule has 2 amide bonds. The first-order chi connectivity index (χ1) is 17.1. The molecule has 3 aromatic carbocycles. The molecule has 4 aromatic rings. The van der Waals surface area contributed by atoms with E-state index in [-0.39, 0.29) is 29.5 Å². The Morgan fingerprint density at radius 3 is 2.34 bits per heavy atom. The van der Waals surface area contributed by atoms with E-state index in [1.54, 1.807) is 4.90 Å². The first kappa shape index (κ1) is 21.3. The average Bonchev–Trinajstić information content (AvgIpc) is 3.29. The van der Waals surface area contributed by atoms with E-state index in [0.29, 0.717) is 29.6 Å². The molecule has 1 aromatic heterocycles. The van der Waals surface area contributed by atoms with Crippen LogP contribution in [0.5, 0.6) is 0 Å². The molecule has 0 saturated heterocycles. The Morgan fingerprint density at radius 2 is 1.63 bits per heavy atom. The molecule has 0 bridgehead atoms. The standard InChI is InChI=1S/C28H25N5O2/c29-28-31-24-13-12-17(21-10-3-4-11-22(21)26(34)30-20-8-5-9-20)14-23(24)25(32-28)27(35)33-15-18-6-1-2-7-19(18)16-33/h1-4,6-7,10-14,20H,5,8-9,15-16H2,(H,30,34)(H2,29,31,32). The maximum Gasteiger partial charge on any atom is 0.273 e. The van der Waals surface area contributed by atoms with E-state index in [1.807, 2.05) is 66.7 Å². The van der Waals surface area contributed by atoms with Crippen molar-refractivity contribution >= 4 is 28.7 Å². The monoisotopic (exact) mass is 463 g/mol. The number of nitrogens with two attached hydrogens (primary N) is 1. The highest BCUT2D eigenvalue weighted by atomic mass is 16.2. The smallest absolute Gasteiger partial charge is 0.273 e. The number of carbonyl (C=O) groups excluding carboxylic acids is 2. The molecule has 174 valence electrons. The highest BCUT2D eigenvalue weighted by Gasteiger charge is 2.27. The number of anilines is 1. The van der Waals surface area contributed by atoms with Gasteiger partial charge in [0.05, 0.1) is 5.52 Å². The lowest BCUT2D eigenvalue weighted by atomic mass is 9.92. The van der Waals surface area contributed by atoms with Gasteiger partial charge in [0.2, 0.25) is 5.95 Å². The minimum atomic E-state index is -0.187. The number of nitrogens with zero attached hydrogens (tertiary/aromatic N) is 3. The minimum absolute atomic E-state index is 0.0607. The van der Waals surface area contributed by atoms with Gasteiger partial charge in [0.25, 0.3) is 11.8 Å². The quantitative estimate of drug-likeness (QED) is 0.469. The third-order valence-electron chi connectivity index (χ3n) is 6.97. The number of hydrogen-bond acceptors (Lipinski definition) is 5. The predicted octanol–water partition coefficient (Wildman–Crippen LogP) is 4.32. The molecule has 6 rings (SSSR count). The number of fused-ring (bicyclic) bond motifs is 2. The number of carbonyl (C=O) groups is 2. The largest absolute Gasteiger partial charge is 0.368 e. The fraction of sp³-hybridized carbons (Fsp3) is 0.214. The Balaban J connectivity index is 1.39. The number of amides is 2. The van der Waals surface area contributed by atoms with E-state index in [0.717, 1.165) is 41.5 Å². The van der Waals surface area contributed by atoms with Crippen molar-refractivity contribution in [1.29, 1.82) is 0 Å². The van der Waals surface area contributed by atoms with Crippen LogP contribution in [0.15, 0.2) is 66.7 Å². The van der Waals surface area contributed by atoms with Gasteiger partial charge in [-0.3, -0.25) is 9.59 Å². The fourth-order valence-electron chi connectivity index (χ4n) is 4.85. The Morgan fingerprint density at radius 1 is 0.914 bits per heavy atom. The van der Waals surface area contributed by atoms with Gasteiger partial charge < -0.3 is 16.0 Å². The molecule has 7 nitrogen and oxygen atoms in total. The van der Waals surface area contributed by atoms with Crippen molar-refractivity contribution in [2.75, 3.05) is 5.73 Å². The summed E-state index contributed by atoms with van der Waals surface area (Å²) in [5.74, 6) is -0.205. The lowest BCUT2D eigenvalue weighted by Gasteiger charge is -2.26. The van der Waals surface area contributed by atoms with E-state index < -0.39 is 0 Å². The highest BCUT2D eigenvalue weighted by molar-refractivity contribution is 6.07. The second-order valence-electron chi connectivity index (χ2n) is 9.24. The Labute approximate surface area is 203 Å². The molecule has 2 aliphatic rings. The molecule has 2 heterocycles. The summed E-state index contributed by atoms with van der Waals surface area (Å²) in [7, 11) is 0. The van der Waals surface area contributed by atoms with Crippen molar-refractivity contribution in [3.8, 4) is 11.1 Å². The summed E-state index contributed by atoms with van der Waals surface area (Å²) in [6, 6.07) is 21.5. The van der Waals surface area contributed by atoms with Crippen LogP contribution in [0.25, 0.3) is 22.0 Å². The maximum absolute atomic E-state index is 13.6. The average molecular weight is 464 g/mol. The zero-order chi connectivity index (χ0) is 23.9. The number of aromatic nitrogens is 2. The number of hydrogen-bond donors (Lipinski definition) is 2. The summed E-state index contributed by atoms with van der Waals surface area (Å²) in [4.78, 5) is 37.1. The number of nitrogens with one attached hydrogen (secondary N) is 1. The van der Waals surface area contributed by atoms with Gasteiger partial charge in [0.15, 0.2) is 0 Å². The molecule has 1 fully saturated rings. The van der Waals surface area contributed by atoms with Crippen LogP contribution in [-0.4, -0.2) is 32.7 Å². The lowest BCUT2D eigenvalue weighted by molar-refractivity contribution is 0.0747. The topological polar surface area (TPSA) is 101 Å². The van der Waals surface area contributed by atoms with Gasteiger partial charge in [0, 0.05) is 30.1 Å². The SMILES string of the molecule is Nc1nc(C(=O)N2Cc3ccccc3C2)c2cc(-c3ccccc3C(=O)NC3CCC3)ccc2n1. The molecule has 0 atom stereocenters. The highest BCUT2D eigenvalue weighted by Crippen LogP contribution is 2.31. The van der Waals surface area contributed by atoms with Crippen LogP contribution in [0.2, 0.25) is 0 Å². The molecule has 0 radical (unpaired) electrons. The van der Waals surface area contributed by atoms with Crippen molar-refractivity contribution in [2.24, 2.45) is 0 Å². The second-order valence-corrected chi connectivity index (χ2v) is 9.24. The Hall–Kier alpha value is -4.26. The van der Waals surface area contributed by atoms with Gasteiger partial charge in [-0.05, 0) is 59.7 Å². The zero-order valence-corrected chi connectivity index (χ0v) is 19.2. The molecule has 1 aliphatic carbocycles. The van der Waals surface area contributed by atoms with Gasteiger partial charge >= 0.3 is 0 Å². The van der Waals surface area contributed by atoms with Crippen molar-refractivity contribution in [1.82, 2.24) is 20.2 Å². The van der Waals surface area contributed by atoms with Crippen LogP contribution in [-0.2, 0) is 13.1 Å². The van der Waals surface area contributed by atoms with Crippen molar-refractivity contribution in [3.05, 3.63) is 89.1 Å². The van der Waals surface area contributed by atoms with Crippen LogP contribution in [0, 0.1) is 0 Å². The van der Waals surface area contributed by atoms with Crippen LogP contribution in [0.4, 0.5) is 5.95 Å². The number of benzene rings is 3. The Kier molecular flexibility index (Phi) is 5.17. The van der Waals surface area contributed by atoms with E-state index in [4.69, 9.17) is 5.73 Å². The Bertz CT molecular complexity index is 1450. The summed E-state index contributed by atoms with van der Waals surface area (Å²) in [5, 5.41) is 3.74. The second kappa shape index (κ2) is 8.51. The third kappa shape index (κ3) is 3.89. The third-order valence-corrected chi connectivity index (χ3v) is 6.97. The van der Waals surface area contributed by atoms with E-state index >= 15 is 0 Å². The van der Waals surface area contributed by atoms with Crippen LogP contribution in [0.3, 0.4) is 0 Å². The van der Waals surface area contributed by atoms with Crippen LogP contribution >= 0.6 is 0 Å². The first-order valence-corrected chi connectivity index (χ1v) is 11.9. The molecule has 1 aliphatic heterocycles. The molecule has 3 N–H and O–H groups in total. The van der Waals surface area contributed by atoms with E-state index in [1.165, 1.54) is 0 Å². The summed E-state index contributed by atoms with van der Waals surface area (Å²) in [6.45, 7) is 1.06. The van der Waals surface area contributed by atoms with Gasteiger partial charge in [0.1, 0.15) is 5.69 Å². The van der Waals surface area contributed by atoms with Crippen molar-refractivity contribution in [3.63, 3.8) is 0 Å². The summed E-state index contributed by atoms with van der Waals surface area (Å²) in [5.41, 5.74) is 11.4. The normalized spacial score (nSPS) is 15.0. The maximum atomic E-state index is 13.6. The molecular weight excluding hydrogens is 438 g/mol. The predicted molar refractivity (Wildman–Crippen MR) is 135 cm³/mol. The lowest BCUT2D eigenvalue weighted by Crippen LogP contribution is -2.39. The summed E-state index contributed by atoms with van der Waals surface area (Å²) in [6.07, 6.45) is 3.20. The van der Waals surface area contributed by atoms with E-state index in [2.05, 4.69) is 15.3 Å². The number of rotatable bonds is 4. The molecular formula is C28H25N5O2. The minimum Gasteiger partial charge on any atom is -0.368 e. The van der Waals surface area contributed by atoms with Gasteiger partial charge in [-0.15, -0.1) is 0 Å². The van der Waals surface area contributed by atoms with Crippen molar-refractivity contribution in [2.45, 2.75) is 38.4 Å². The van der Waals surface area contributed by atoms with E-state index in [9.17, 15) is 9.59 Å². The van der Waals surface area contributed by atoms with Gasteiger partial charge in [-0.25, -0.2) is 9.97 Å². The molecule has 35 heavy (non-hydrogen) atoms. The molecule has 1 saturated carbocycles. The number of nitrogen functional groups attached to an aromatic ring is 1. The molecule has 0 unspecified atom stereocenters. The first-order valence-electron chi connectivity index (χ1n) is 11.9. The van der Waals surface area contributed by atoms with Gasteiger partial charge in [-0.2, -0.15) is 0 Å². The van der Waals surface area contributed by atoms with Crippen LogP contribution < -0.4 is 11.1 Å². The molecule has 7 heteroatoms. The molecule has 0 spiro atoms. The van der Waals surface area contributed by atoms with Crippen molar-refractivity contribution < 1.29 is 9.59 Å². The van der Waals surface area contributed by atoms with Gasteiger partial charge in [-0.1, -0.05) is 48.5 Å². The summed E-state index contributed by atoms with van der Waals surface area (Å²) < 4.78 is 0.